The van der Waals surface area contributed by atoms with Gasteiger partial charge in [-0.2, -0.15) is 0 Å². The maximum atomic E-state index is 4.72. The molecule has 1 unspecified atom stereocenters. The lowest BCUT2D eigenvalue weighted by molar-refractivity contribution is 0.665. The number of benzene rings is 1. The quantitative estimate of drug-likeness (QED) is 0.774. The maximum absolute atomic E-state index is 4.72. The van der Waals surface area contributed by atoms with Crippen molar-refractivity contribution in [2.24, 2.45) is 0 Å². The van der Waals surface area contributed by atoms with Crippen molar-refractivity contribution in [3.05, 3.63) is 48.5 Å². The first-order valence-corrected chi connectivity index (χ1v) is 6.90. The van der Waals surface area contributed by atoms with Gasteiger partial charge in [0.25, 0.3) is 0 Å². The maximum Gasteiger partial charge on any atom is 0.225 e. The molecule has 1 N–H and O–H groups in total. The molecule has 1 atom stereocenters. The predicted octanol–water partition coefficient (Wildman–Crippen LogP) is 2.69. The van der Waals surface area contributed by atoms with Gasteiger partial charge < -0.3 is 9.88 Å². The van der Waals surface area contributed by atoms with Crippen LogP contribution in [0.25, 0.3) is 11.0 Å². The molecule has 4 rings (SSSR count). The summed E-state index contributed by atoms with van der Waals surface area (Å²) in [6.45, 7) is 0.978. The van der Waals surface area contributed by atoms with Crippen molar-refractivity contribution in [3.63, 3.8) is 0 Å². The minimum Gasteiger partial charge on any atom is -0.340 e. The first-order chi connectivity index (χ1) is 9.92. The van der Waals surface area contributed by atoms with Crippen LogP contribution in [0.5, 0.6) is 0 Å². The number of anilines is 1. The van der Waals surface area contributed by atoms with Gasteiger partial charge in [-0.05, 0) is 31.0 Å². The van der Waals surface area contributed by atoms with E-state index in [1.165, 1.54) is 0 Å². The summed E-state index contributed by atoms with van der Waals surface area (Å²) in [6.07, 6.45) is 5.80. The second kappa shape index (κ2) is 4.59. The number of hydrogen-bond donors (Lipinski definition) is 1. The van der Waals surface area contributed by atoms with Gasteiger partial charge in [0.05, 0.1) is 17.1 Å². The lowest BCUT2D eigenvalue weighted by Crippen LogP contribution is -2.25. The molecule has 5 nitrogen and oxygen atoms in total. The van der Waals surface area contributed by atoms with Crippen LogP contribution in [0, 0.1) is 0 Å². The van der Waals surface area contributed by atoms with Gasteiger partial charge >= 0.3 is 0 Å². The number of nitrogens with zero attached hydrogens (tertiary/aromatic N) is 4. The van der Waals surface area contributed by atoms with Gasteiger partial charge in [-0.25, -0.2) is 15.0 Å². The van der Waals surface area contributed by atoms with Crippen molar-refractivity contribution >= 4 is 17.0 Å². The zero-order valence-electron chi connectivity index (χ0n) is 11.0. The van der Waals surface area contributed by atoms with Crippen LogP contribution in [0.1, 0.15) is 24.7 Å². The van der Waals surface area contributed by atoms with Crippen LogP contribution in [0.15, 0.2) is 42.7 Å². The molecule has 100 valence electrons. The minimum atomic E-state index is 0.241. The van der Waals surface area contributed by atoms with E-state index in [0.717, 1.165) is 42.2 Å². The Labute approximate surface area is 116 Å². The molecule has 0 amide bonds. The van der Waals surface area contributed by atoms with Crippen LogP contribution in [0.2, 0.25) is 0 Å². The molecule has 1 aliphatic rings. The molecule has 5 heteroatoms. The third-order valence-electron chi connectivity index (χ3n) is 3.79. The first-order valence-electron chi connectivity index (χ1n) is 6.90. The zero-order chi connectivity index (χ0) is 13.4. The van der Waals surface area contributed by atoms with E-state index in [0.29, 0.717) is 0 Å². The highest BCUT2D eigenvalue weighted by molar-refractivity contribution is 5.75. The highest BCUT2D eigenvalue weighted by Gasteiger charge is 2.30. The van der Waals surface area contributed by atoms with Crippen LogP contribution in [-0.4, -0.2) is 26.5 Å². The molecule has 0 radical (unpaired) electrons. The predicted molar refractivity (Wildman–Crippen MR) is 77.4 cm³/mol. The van der Waals surface area contributed by atoms with Crippen molar-refractivity contribution < 1.29 is 0 Å². The molecular formula is C15H15N5. The van der Waals surface area contributed by atoms with E-state index in [2.05, 4.69) is 25.9 Å². The van der Waals surface area contributed by atoms with Crippen molar-refractivity contribution in [1.82, 2.24) is 19.9 Å². The average molecular weight is 265 g/mol. The molecule has 1 aliphatic heterocycles. The highest BCUT2D eigenvalue weighted by Crippen LogP contribution is 2.33. The second-order valence-corrected chi connectivity index (χ2v) is 5.04. The molecule has 0 bridgehead atoms. The Hall–Kier alpha value is -2.43. The van der Waals surface area contributed by atoms with Crippen LogP contribution in [0.4, 0.5) is 5.95 Å². The van der Waals surface area contributed by atoms with Crippen LogP contribution in [0.3, 0.4) is 0 Å². The third kappa shape index (κ3) is 1.82. The largest absolute Gasteiger partial charge is 0.340 e. The summed E-state index contributed by atoms with van der Waals surface area (Å²) < 4.78 is 0. The van der Waals surface area contributed by atoms with E-state index in [-0.39, 0.29) is 6.04 Å². The van der Waals surface area contributed by atoms with Crippen LogP contribution >= 0.6 is 0 Å². The van der Waals surface area contributed by atoms with Gasteiger partial charge in [0, 0.05) is 18.9 Å². The van der Waals surface area contributed by atoms with Crippen molar-refractivity contribution in [2.45, 2.75) is 18.9 Å². The summed E-state index contributed by atoms with van der Waals surface area (Å²) in [5.41, 5.74) is 2.10. The fraction of sp³-hybridized carbons (Fsp3) is 0.267. The van der Waals surface area contributed by atoms with Gasteiger partial charge in [-0.1, -0.05) is 12.1 Å². The van der Waals surface area contributed by atoms with E-state index >= 15 is 0 Å². The van der Waals surface area contributed by atoms with E-state index in [1.807, 2.05) is 24.3 Å². The topological polar surface area (TPSA) is 57.7 Å². The number of nitrogens with one attached hydrogen (secondary N) is 1. The van der Waals surface area contributed by atoms with Crippen molar-refractivity contribution in [1.29, 1.82) is 0 Å². The summed E-state index contributed by atoms with van der Waals surface area (Å²) in [5, 5.41) is 0. The van der Waals surface area contributed by atoms with E-state index < -0.39 is 0 Å². The number of hydrogen-bond acceptors (Lipinski definition) is 4. The number of aromatic amines is 1. The van der Waals surface area contributed by atoms with Gasteiger partial charge in [-0.3, -0.25) is 0 Å². The van der Waals surface area contributed by atoms with Gasteiger partial charge in [0.15, 0.2) is 0 Å². The molecular weight excluding hydrogens is 250 g/mol. The normalized spacial score (nSPS) is 18.8. The Bertz CT molecular complexity index is 688. The Morgan fingerprint density at radius 1 is 1.10 bits per heavy atom. The molecule has 1 fully saturated rings. The molecule has 0 aliphatic carbocycles. The summed E-state index contributed by atoms with van der Waals surface area (Å²) >= 11 is 0. The minimum absolute atomic E-state index is 0.241. The zero-order valence-corrected chi connectivity index (χ0v) is 11.0. The number of rotatable bonds is 2. The molecule has 0 saturated carbocycles. The summed E-state index contributed by atoms with van der Waals surface area (Å²) in [5.74, 6) is 1.80. The monoisotopic (exact) mass is 265 g/mol. The molecule has 20 heavy (non-hydrogen) atoms. The Morgan fingerprint density at radius 2 is 1.95 bits per heavy atom. The molecule has 1 saturated heterocycles. The molecule has 3 heterocycles. The smallest absolute Gasteiger partial charge is 0.225 e. The second-order valence-electron chi connectivity index (χ2n) is 5.04. The van der Waals surface area contributed by atoms with Crippen molar-refractivity contribution in [3.8, 4) is 0 Å². The molecule has 3 aromatic rings. The van der Waals surface area contributed by atoms with Crippen LogP contribution in [-0.2, 0) is 0 Å². The SMILES string of the molecule is c1cnc(N2CCCC2c2nc3ccccc3[nH]2)nc1. The average Bonchev–Trinajstić information content (AvgIpc) is 3.14. The van der Waals surface area contributed by atoms with E-state index in [1.54, 1.807) is 12.4 Å². The standard InChI is InChI=1S/C15H15N5/c1-2-6-12-11(5-1)18-14(19-12)13-7-3-10-20(13)15-16-8-4-9-17-15/h1-2,4-6,8-9,13H,3,7,10H2,(H,18,19). The molecule has 0 spiro atoms. The van der Waals surface area contributed by atoms with Gasteiger partial charge in [0.1, 0.15) is 5.82 Å². The molecule has 1 aromatic carbocycles. The summed E-state index contributed by atoms with van der Waals surface area (Å²) in [7, 11) is 0. The van der Waals surface area contributed by atoms with E-state index in [4.69, 9.17) is 4.98 Å². The lowest BCUT2D eigenvalue weighted by atomic mass is 10.2. The number of aromatic nitrogens is 4. The number of imidazole rings is 1. The number of H-pyrrole nitrogens is 1. The third-order valence-corrected chi connectivity index (χ3v) is 3.79. The van der Waals surface area contributed by atoms with Gasteiger partial charge in [0.2, 0.25) is 5.95 Å². The fourth-order valence-corrected chi connectivity index (χ4v) is 2.86. The lowest BCUT2D eigenvalue weighted by Gasteiger charge is -2.22. The first kappa shape index (κ1) is 11.4. The Balaban J connectivity index is 1.73. The highest BCUT2D eigenvalue weighted by atomic mass is 15.3. The molecule has 2 aromatic heterocycles. The van der Waals surface area contributed by atoms with Crippen LogP contribution < -0.4 is 4.90 Å². The Kier molecular flexibility index (Phi) is 2.62. The summed E-state index contributed by atoms with van der Waals surface area (Å²) in [6, 6.07) is 10.2. The summed E-state index contributed by atoms with van der Waals surface area (Å²) in [4.78, 5) is 19.1. The number of para-hydroxylation sites is 2. The van der Waals surface area contributed by atoms with E-state index in [9.17, 15) is 0 Å². The number of fused-ring (bicyclic) bond motifs is 1. The fourth-order valence-electron chi connectivity index (χ4n) is 2.86. The Morgan fingerprint density at radius 3 is 2.80 bits per heavy atom. The van der Waals surface area contributed by atoms with Gasteiger partial charge in [-0.15, -0.1) is 0 Å². The van der Waals surface area contributed by atoms with Crippen molar-refractivity contribution in [2.75, 3.05) is 11.4 Å².